The van der Waals surface area contributed by atoms with Gasteiger partial charge in [-0.25, -0.2) is 0 Å². The van der Waals surface area contributed by atoms with Gasteiger partial charge in [-0.2, -0.15) is 13.2 Å². The van der Waals surface area contributed by atoms with Crippen LogP contribution in [0, 0.1) is 5.92 Å². The molecule has 0 aromatic rings. The predicted molar refractivity (Wildman–Crippen MR) is 47.6 cm³/mol. The third-order valence-electron chi connectivity index (χ3n) is 2.25. The number of hydrogen-bond donors (Lipinski definition) is 1. The lowest BCUT2D eigenvalue weighted by Crippen LogP contribution is -2.38. The Morgan fingerprint density at radius 2 is 1.77 bits per heavy atom. The van der Waals surface area contributed by atoms with Crippen LogP contribution in [0.25, 0.3) is 0 Å². The first-order chi connectivity index (χ1) is 5.90. The molecule has 4 heteroatoms. The van der Waals surface area contributed by atoms with Crippen LogP contribution in [0.5, 0.6) is 0 Å². The molecule has 0 saturated carbocycles. The van der Waals surface area contributed by atoms with E-state index >= 15 is 0 Å². The minimum atomic E-state index is -4.06. The minimum Gasteiger partial charge on any atom is -0.314 e. The normalized spacial score (nSPS) is 17.1. The maximum atomic E-state index is 12.1. The lowest BCUT2D eigenvalue weighted by atomic mass is 9.96. The highest BCUT2D eigenvalue weighted by molar-refractivity contribution is 4.75. The van der Waals surface area contributed by atoms with Gasteiger partial charge in [-0.05, 0) is 12.5 Å². The van der Waals surface area contributed by atoms with Crippen molar-refractivity contribution >= 4 is 0 Å². The zero-order chi connectivity index (χ0) is 10.5. The Kier molecular flexibility index (Phi) is 5.37. The summed E-state index contributed by atoms with van der Waals surface area (Å²) in [6.45, 7) is 6.17. The Labute approximate surface area is 77.7 Å². The number of hydrogen-bond acceptors (Lipinski definition) is 1. The summed E-state index contributed by atoms with van der Waals surface area (Å²) in [5, 5.41) is 2.87. The van der Waals surface area contributed by atoms with Crippen LogP contribution in [-0.4, -0.2) is 18.8 Å². The monoisotopic (exact) mass is 197 g/mol. The van der Waals surface area contributed by atoms with Gasteiger partial charge in [-0.3, -0.25) is 0 Å². The molecule has 2 unspecified atom stereocenters. The topological polar surface area (TPSA) is 12.0 Å². The molecular weight excluding hydrogens is 179 g/mol. The molecule has 0 bridgehead atoms. The number of halogens is 3. The van der Waals surface area contributed by atoms with Gasteiger partial charge in [0.1, 0.15) is 0 Å². The summed E-state index contributed by atoms with van der Waals surface area (Å²) < 4.78 is 36.3. The number of nitrogens with one attached hydrogen (secondary N) is 1. The standard InChI is InChI=1S/C9H18F3N/c1-4-7(3)8(13-5-2)6-9(10,11)12/h7-8,13H,4-6H2,1-3H3. The summed E-state index contributed by atoms with van der Waals surface area (Å²) in [7, 11) is 0. The van der Waals surface area contributed by atoms with Gasteiger partial charge in [-0.1, -0.05) is 27.2 Å². The molecular formula is C9H18F3N. The van der Waals surface area contributed by atoms with Gasteiger partial charge < -0.3 is 5.32 Å². The van der Waals surface area contributed by atoms with Crippen molar-refractivity contribution in [3.8, 4) is 0 Å². The smallest absolute Gasteiger partial charge is 0.314 e. The van der Waals surface area contributed by atoms with Gasteiger partial charge in [0.15, 0.2) is 0 Å². The molecule has 0 radical (unpaired) electrons. The quantitative estimate of drug-likeness (QED) is 0.714. The van der Waals surface area contributed by atoms with E-state index in [2.05, 4.69) is 5.32 Å². The second-order valence-corrected chi connectivity index (χ2v) is 3.37. The summed E-state index contributed by atoms with van der Waals surface area (Å²) in [6.07, 6.45) is -4.01. The SMILES string of the molecule is CCNC(CC(F)(F)F)C(C)CC. The van der Waals surface area contributed by atoms with Crippen molar-refractivity contribution in [3.63, 3.8) is 0 Å². The van der Waals surface area contributed by atoms with E-state index in [1.165, 1.54) is 0 Å². The van der Waals surface area contributed by atoms with Crippen LogP contribution in [0.3, 0.4) is 0 Å². The van der Waals surface area contributed by atoms with Crippen molar-refractivity contribution in [1.29, 1.82) is 0 Å². The zero-order valence-corrected chi connectivity index (χ0v) is 8.41. The highest BCUT2D eigenvalue weighted by atomic mass is 19.4. The molecule has 0 aliphatic carbocycles. The first-order valence-corrected chi connectivity index (χ1v) is 4.70. The molecule has 1 nitrogen and oxygen atoms in total. The molecule has 0 heterocycles. The lowest BCUT2D eigenvalue weighted by Gasteiger charge is -2.24. The van der Waals surface area contributed by atoms with E-state index in [1.54, 1.807) is 0 Å². The van der Waals surface area contributed by atoms with Crippen LogP contribution in [0.1, 0.15) is 33.6 Å². The van der Waals surface area contributed by atoms with Crippen molar-refractivity contribution in [1.82, 2.24) is 5.32 Å². The molecule has 0 aliphatic heterocycles. The Balaban J connectivity index is 4.09. The average Bonchev–Trinajstić information content (AvgIpc) is 2.00. The molecule has 0 amide bonds. The van der Waals surface area contributed by atoms with Crippen molar-refractivity contribution < 1.29 is 13.2 Å². The molecule has 13 heavy (non-hydrogen) atoms. The summed E-state index contributed by atoms with van der Waals surface area (Å²) in [5.41, 5.74) is 0. The number of rotatable bonds is 5. The van der Waals surface area contributed by atoms with Crippen LogP contribution in [0.2, 0.25) is 0 Å². The zero-order valence-electron chi connectivity index (χ0n) is 8.41. The Morgan fingerprint density at radius 3 is 2.08 bits per heavy atom. The van der Waals surface area contributed by atoms with E-state index in [0.717, 1.165) is 6.42 Å². The summed E-state index contributed by atoms with van der Waals surface area (Å²) >= 11 is 0. The first kappa shape index (κ1) is 12.8. The van der Waals surface area contributed by atoms with Crippen LogP contribution < -0.4 is 5.32 Å². The molecule has 80 valence electrons. The molecule has 0 fully saturated rings. The van der Waals surface area contributed by atoms with Crippen LogP contribution in [0.15, 0.2) is 0 Å². The molecule has 0 aromatic carbocycles. The lowest BCUT2D eigenvalue weighted by molar-refractivity contribution is -0.142. The Bertz CT molecular complexity index is 133. The summed E-state index contributed by atoms with van der Waals surface area (Å²) in [5.74, 6) is 0.0709. The predicted octanol–water partition coefficient (Wildman–Crippen LogP) is 2.96. The first-order valence-electron chi connectivity index (χ1n) is 4.70. The van der Waals surface area contributed by atoms with E-state index in [-0.39, 0.29) is 5.92 Å². The van der Waals surface area contributed by atoms with E-state index < -0.39 is 18.6 Å². The largest absolute Gasteiger partial charge is 0.390 e. The third-order valence-corrected chi connectivity index (χ3v) is 2.25. The van der Waals surface area contributed by atoms with Crippen molar-refractivity contribution in [3.05, 3.63) is 0 Å². The molecule has 0 saturated heterocycles. The average molecular weight is 197 g/mol. The summed E-state index contributed by atoms with van der Waals surface area (Å²) in [6, 6.07) is -0.435. The van der Waals surface area contributed by atoms with E-state index in [4.69, 9.17) is 0 Å². The molecule has 1 N–H and O–H groups in total. The molecule has 0 spiro atoms. The van der Waals surface area contributed by atoms with Crippen LogP contribution >= 0.6 is 0 Å². The molecule has 0 aliphatic rings. The van der Waals surface area contributed by atoms with Gasteiger partial charge >= 0.3 is 6.18 Å². The van der Waals surface area contributed by atoms with E-state index in [0.29, 0.717) is 6.54 Å². The van der Waals surface area contributed by atoms with E-state index in [9.17, 15) is 13.2 Å². The second-order valence-electron chi connectivity index (χ2n) is 3.37. The molecule has 0 aromatic heterocycles. The summed E-state index contributed by atoms with van der Waals surface area (Å²) in [4.78, 5) is 0. The Morgan fingerprint density at radius 1 is 1.23 bits per heavy atom. The van der Waals surface area contributed by atoms with Gasteiger partial charge in [0, 0.05) is 6.04 Å². The highest BCUT2D eigenvalue weighted by Crippen LogP contribution is 2.25. The van der Waals surface area contributed by atoms with Gasteiger partial charge in [0.05, 0.1) is 6.42 Å². The maximum Gasteiger partial charge on any atom is 0.390 e. The van der Waals surface area contributed by atoms with Crippen molar-refractivity contribution in [2.45, 2.75) is 45.8 Å². The van der Waals surface area contributed by atoms with E-state index in [1.807, 2.05) is 20.8 Å². The molecule has 0 rings (SSSR count). The van der Waals surface area contributed by atoms with Gasteiger partial charge in [-0.15, -0.1) is 0 Å². The maximum absolute atomic E-state index is 12.1. The fraction of sp³-hybridized carbons (Fsp3) is 1.00. The van der Waals surface area contributed by atoms with Crippen molar-refractivity contribution in [2.75, 3.05) is 6.54 Å². The highest BCUT2D eigenvalue weighted by Gasteiger charge is 2.33. The third kappa shape index (κ3) is 5.91. The van der Waals surface area contributed by atoms with Crippen LogP contribution in [0.4, 0.5) is 13.2 Å². The minimum absolute atomic E-state index is 0.0709. The number of alkyl halides is 3. The fourth-order valence-electron chi connectivity index (χ4n) is 1.27. The van der Waals surface area contributed by atoms with Gasteiger partial charge in [0.25, 0.3) is 0 Å². The Hall–Kier alpha value is -0.250. The van der Waals surface area contributed by atoms with Crippen LogP contribution in [-0.2, 0) is 0 Å². The van der Waals surface area contributed by atoms with Gasteiger partial charge in [0.2, 0.25) is 0 Å². The fourth-order valence-corrected chi connectivity index (χ4v) is 1.27. The second kappa shape index (κ2) is 5.47. The van der Waals surface area contributed by atoms with Crippen molar-refractivity contribution in [2.24, 2.45) is 5.92 Å². The molecule has 2 atom stereocenters.